The van der Waals surface area contributed by atoms with Crippen molar-refractivity contribution in [3.63, 3.8) is 0 Å². The van der Waals surface area contributed by atoms with Crippen LogP contribution in [-0.4, -0.2) is 0 Å². The second-order valence-electron chi connectivity index (χ2n) is 1.81. The van der Waals surface area contributed by atoms with Gasteiger partial charge in [0.2, 0.25) is 0 Å². The molecule has 5 heteroatoms. The lowest BCUT2D eigenvalue weighted by Crippen LogP contribution is -1.76. The maximum Gasteiger partial charge on any atom is 0.153 e. The molecule has 0 fully saturated rings. The molecule has 0 aromatic heterocycles. The summed E-state index contributed by atoms with van der Waals surface area (Å²) >= 11 is 10.9. The summed E-state index contributed by atoms with van der Waals surface area (Å²) in [6.07, 6.45) is 0. The summed E-state index contributed by atoms with van der Waals surface area (Å²) in [4.78, 5) is 9.90. The molecular formula is C6H2Cl2FNO. The fourth-order valence-electron chi connectivity index (χ4n) is 0.582. The minimum atomic E-state index is -0.769. The van der Waals surface area contributed by atoms with Gasteiger partial charge in [0.25, 0.3) is 0 Å². The average Bonchev–Trinajstić information content (AvgIpc) is 1.97. The van der Waals surface area contributed by atoms with E-state index in [-0.39, 0.29) is 15.7 Å². The monoisotopic (exact) mass is 193 g/mol. The van der Waals surface area contributed by atoms with Crippen molar-refractivity contribution in [3.8, 4) is 0 Å². The Hall–Kier alpha value is -0.670. The molecule has 0 amide bonds. The van der Waals surface area contributed by atoms with Crippen molar-refractivity contribution in [2.45, 2.75) is 0 Å². The molecule has 2 nitrogen and oxygen atoms in total. The highest BCUT2D eigenvalue weighted by Crippen LogP contribution is 2.29. The van der Waals surface area contributed by atoms with E-state index in [9.17, 15) is 9.30 Å². The Morgan fingerprint density at radius 3 is 2.36 bits per heavy atom. The number of benzene rings is 1. The molecule has 0 radical (unpaired) electrons. The number of rotatable bonds is 1. The van der Waals surface area contributed by atoms with Crippen molar-refractivity contribution in [1.82, 2.24) is 0 Å². The van der Waals surface area contributed by atoms with E-state index in [0.717, 1.165) is 12.1 Å². The first-order valence-electron chi connectivity index (χ1n) is 2.63. The molecule has 11 heavy (non-hydrogen) atoms. The van der Waals surface area contributed by atoms with Crippen LogP contribution in [0.2, 0.25) is 10.0 Å². The van der Waals surface area contributed by atoms with E-state index >= 15 is 0 Å². The van der Waals surface area contributed by atoms with Crippen LogP contribution in [0.4, 0.5) is 10.1 Å². The van der Waals surface area contributed by atoms with Gasteiger partial charge in [-0.15, -0.1) is 4.91 Å². The molecule has 1 aromatic carbocycles. The van der Waals surface area contributed by atoms with E-state index in [1.807, 2.05) is 0 Å². The highest BCUT2D eigenvalue weighted by atomic mass is 35.5. The zero-order valence-corrected chi connectivity index (χ0v) is 6.66. The highest BCUT2D eigenvalue weighted by molar-refractivity contribution is 6.42. The minimum Gasteiger partial charge on any atom is -0.204 e. The van der Waals surface area contributed by atoms with Crippen LogP contribution in [0.15, 0.2) is 17.3 Å². The third kappa shape index (κ3) is 1.67. The maximum atomic E-state index is 12.6. The minimum absolute atomic E-state index is 0.0663. The second-order valence-corrected chi connectivity index (χ2v) is 2.62. The first kappa shape index (κ1) is 8.43. The first-order chi connectivity index (χ1) is 5.15. The average molecular weight is 194 g/mol. The van der Waals surface area contributed by atoms with Crippen molar-refractivity contribution in [1.29, 1.82) is 0 Å². The quantitative estimate of drug-likeness (QED) is 0.496. The van der Waals surface area contributed by atoms with E-state index in [4.69, 9.17) is 23.2 Å². The van der Waals surface area contributed by atoms with Gasteiger partial charge < -0.3 is 0 Å². The van der Waals surface area contributed by atoms with E-state index in [0.29, 0.717) is 0 Å². The van der Waals surface area contributed by atoms with Crippen LogP contribution in [0.3, 0.4) is 0 Å². The van der Waals surface area contributed by atoms with Gasteiger partial charge in [0.1, 0.15) is 5.69 Å². The Bertz CT molecular complexity index is 303. The Morgan fingerprint density at radius 2 is 1.82 bits per heavy atom. The summed E-state index contributed by atoms with van der Waals surface area (Å²) in [5, 5.41) is 2.58. The first-order valence-corrected chi connectivity index (χ1v) is 3.38. The van der Waals surface area contributed by atoms with Crippen molar-refractivity contribution < 1.29 is 4.39 Å². The number of hydrogen-bond donors (Lipinski definition) is 0. The van der Waals surface area contributed by atoms with Gasteiger partial charge in [-0.25, -0.2) is 4.39 Å². The zero-order chi connectivity index (χ0) is 8.43. The summed E-state index contributed by atoms with van der Waals surface area (Å²) in [6, 6.07) is 2.02. The van der Waals surface area contributed by atoms with Gasteiger partial charge in [-0.3, -0.25) is 0 Å². The van der Waals surface area contributed by atoms with Crippen LogP contribution in [-0.2, 0) is 0 Å². The zero-order valence-electron chi connectivity index (χ0n) is 5.14. The van der Waals surface area contributed by atoms with E-state index in [1.54, 1.807) is 0 Å². The van der Waals surface area contributed by atoms with Crippen molar-refractivity contribution >= 4 is 28.9 Å². The number of halogens is 3. The molecule has 0 saturated carbocycles. The summed E-state index contributed by atoms with van der Waals surface area (Å²) in [7, 11) is 0. The smallest absolute Gasteiger partial charge is 0.153 e. The molecule has 58 valence electrons. The Balaban J connectivity index is 3.31. The van der Waals surface area contributed by atoms with Crippen LogP contribution < -0.4 is 0 Å². The highest BCUT2D eigenvalue weighted by Gasteiger charge is 2.06. The Labute approximate surface area is 71.9 Å². The standard InChI is InChI=1S/C6H2Cl2FNO/c7-3-1-5(9)6(10-11)2-4(3)8/h1-2H. The lowest BCUT2D eigenvalue weighted by molar-refractivity contribution is 0.630. The summed E-state index contributed by atoms with van der Waals surface area (Å²) in [6.45, 7) is 0. The van der Waals surface area contributed by atoms with Gasteiger partial charge >= 0.3 is 0 Å². The normalized spacial score (nSPS) is 9.73. The van der Waals surface area contributed by atoms with Crippen LogP contribution in [0.5, 0.6) is 0 Å². The van der Waals surface area contributed by atoms with Gasteiger partial charge in [-0.1, -0.05) is 23.2 Å². The summed E-state index contributed by atoms with van der Waals surface area (Å²) in [5.74, 6) is -0.769. The molecule has 0 saturated heterocycles. The van der Waals surface area contributed by atoms with Gasteiger partial charge in [-0.05, 0) is 17.3 Å². The van der Waals surface area contributed by atoms with Crippen molar-refractivity contribution in [2.75, 3.05) is 0 Å². The molecule has 0 aliphatic heterocycles. The van der Waals surface area contributed by atoms with Crippen molar-refractivity contribution in [2.24, 2.45) is 5.18 Å². The molecule has 0 aliphatic rings. The fourth-order valence-corrected chi connectivity index (χ4v) is 0.890. The molecular weight excluding hydrogens is 192 g/mol. The van der Waals surface area contributed by atoms with Crippen LogP contribution >= 0.6 is 23.2 Å². The Kier molecular flexibility index (Phi) is 2.42. The number of hydrogen-bond acceptors (Lipinski definition) is 2. The number of nitroso groups, excluding NO2 is 1. The second kappa shape index (κ2) is 3.15. The van der Waals surface area contributed by atoms with Crippen LogP contribution in [0.25, 0.3) is 0 Å². The molecule has 0 unspecified atom stereocenters. The third-order valence-corrected chi connectivity index (χ3v) is 1.81. The predicted octanol–water partition coefficient (Wildman–Crippen LogP) is 3.53. The lowest BCUT2D eigenvalue weighted by atomic mass is 10.3. The molecule has 0 aliphatic carbocycles. The molecule has 0 spiro atoms. The molecule has 1 aromatic rings. The topological polar surface area (TPSA) is 29.4 Å². The van der Waals surface area contributed by atoms with Gasteiger partial charge in [0.05, 0.1) is 10.0 Å². The SMILES string of the molecule is O=Nc1cc(Cl)c(Cl)cc1F. The van der Waals surface area contributed by atoms with Gasteiger partial charge in [0.15, 0.2) is 5.82 Å². The lowest BCUT2D eigenvalue weighted by Gasteiger charge is -1.95. The van der Waals surface area contributed by atoms with E-state index in [2.05, 4.69) is 5.18 Å². The van der Waals surface area contributed by atoms with Crippen molar-refractivity contribution in [3.05, 3.63) is 32.9 Å². The van der Waals surface area contributed by atoms with Crippen LogP contribution in [0.1, 0.15) is 0 Å². The molecule has 0 bridgehead atoms. The molecule has 0 N–H and O–H groups in total. The molecule has 0 heterocycles. The third-order valence-electron chi connectivity index (χ3n) is 1.09. The fraction of sp³-hybridized carbons (Fsp3) is 0. The van der Waals surface area contributed by atoms with E-state index in [1.165, 1.54) is 0 Å². The van der Waals surface area contributed by atoms with E-state index < -0.39 is 5.82 Å². The Morgan fingerprint density at radius 1 is 1.27 bits per heavy atom. The largest absolute Gasteiger partial charge is 0.204 e. The molecule has 1 rings (SSSR count). The van der Waals surface area contributed by atoms with Gasteiger partial charge in [0, 0.05) is 0 Å². The predicted molar refractivity (Wildman–Crippen MR) is 41.9 cm³/mol. The summed E-state index contributed by atoms with van der Waals surface area (Å²) < 4.78 is 12.6. The summed E-state index contributed by atoms with van der Waals surface area (Å²) in [5.41, 5.74) is -0.334. The number of nitrogens with zero attached hydrogens (tertiary/aromatic N) is 1. The molecule has 0 atom stereocenters. The van der Waals surface area contributed by atoms with Crippen LogP contribution in [0, 0.1) is 10.7 Å². The van der Waals surface area contributed by atoms with Gasteiger partial charge in [-0.2, -0.15) is 0 Å². The maximum absolute atomic E-state index is 12.6.